The molecule has 0 saturated heterocycles. The number of aromatic hydroxyl groups is 1. The Balaban J connectivity index is 3.04. The minimum atomic E-state index is -0.773. The van der Waals surface area contributed by atoms with Crippen molar-refractivity contribution in [2.24, 2.45) is 0 Å². The molecule has 0 heterocycles. The Morgan fingerprint density at radius 1 is 1.26 bits per heavy atom. The first kappa shape index (κ1) is 17.8. The molecule has 0 spiro atoms. The van der Waals surface area contributed by atoms with Crippen LogP contribution in [0, 0.1) is 11.3 Å². The number of phenolic OH excluding ortho intramolecular Hbond substituents is 1. The van der Waals surface area contributed by atoms with Crippen LogP contribution in [0.5, 0.6) is 17.2 Å². The molecule has 0 radical (unpaired) electrons. The lowest BCUT2D eigenvalue weighted by molar-refractivity contribution is -0.126. The van der Waals surface area contributed by atoms with E-state index in [1.165, 1.54) is 33.3 Å². The normalized spacial score (nSPS) is 11.0. The molecule has 7 heteroatoms. The summed E-state index contributed by atoms with van der Waals surface area (Å²) in [6.07, 6.45) is 4.32. The van der Waals surface area contributed by atoms with Gasteiger partial charge in [0.05, 0.1) is 14.2 Å². The molecule has 0 aliphatic rings. The van der Waals surface area contributed by atoms with Gasteiger partial charge in [-0.3, -0.25) is 14.9 Å². The number of hydrogen-bond donors (Lipinski definition) is 2. The third-order valence-electron chi connectivity index (χ3n) is 2.71. The van der Waals surface area contributed by atoms with E-state index in [9.17, 15) is 14.7 Å². The third kappa shape index (κ3) is 4.89. The van der Waals surface area contributed by atoms with Crippen LogP contribution >= 0.6 is 0 Å². The van der Waals surface area contributed by atoms with Crippen molar-refractivity contribution in [1.29, 1.82) is 5.26 Å². The molecule has 0 saturated carbocycles. The molecule has 0 aliphatic carbocycles. The molecule has 0 unspecified atom stereocenters. The van der Waals surface area contributed by atoms with Crippen molar-refractivity contribution in [1.82, 2.24) is 5.32 Å². The van der Waals surface area contributed by atoms with Crippen LogP contribution in [0.25, 0.3) is 6.08 Å². The summed E-state index contributed by atoms with van der Waals surface area (Å²) in [6, 6.07) is 4.82. The van der Waals surface area contributed by atoms with Gasteiger partial charge in [0.2, 0.25) is 11.7 Å². The Morgan fingerprint density at radius 3 is 2.26 bits per heavy atom. The van der Waals surface area contributed by atoms with Gasteiger partial charge in [-0.05, 0) is 23.8 Å². The number of carbonyl (C=O) groups is 2. The SMILES string of the molecule is COc1cc(/C=C/C=C(\C#N)C(=O)NC(C)=O)cc(OC)c1O. The summed E-state index contributed by atoms with van der Waals surface area (Å²) in [6.45, 7) is 1.18. The maximum atomic E-state index is 11.5. The van der Waals surface area contributed by atoms with Crippen molar-refractivity contribution in [2.75, 3.05) is 14.2 Å². The highest BCUT2D eigenvalue weighted by Gasteiger charge is 2.10. The quantitative estimate of drug-likeness (QED) is 0.484. The van der Waals surface area contributed by atoms with Crippen molar-refractivity contribution in [3.8, 4) is 23.3 Å². The summed E-state index contributed by atoms with van der Waals surface area (Å²) < 4.78 is 10.1. The van der Waals surface area contributed by atoms with Crippen molar-refractivity contribution < 1.29 is 24.2 Å². The zero-order valence-corrected chi connectivity index (χ0v) is 12.9. The van der Waals surface area contributed by atoms with Gasteiger partial charge in [-0.15, -0.1) is 0 Å². The average Bonchev–Trinajstić information content (AvgIpc) is 2.51. The Morgan fingerprint density at radius 2 is 1.83 bits per heavy atom. The topological polar surface area (TPSA) is 109 Å². The molecular weight excluding hydrogens is 300 g/mol. The van der Waals surface area contributed by atoms with Gasteiger partial charge in [0.15, 0.2) is 11.5 Å². The number of nitriles is 1. The van der Waals surface area contributed by atoms with E-state index < -0.39 is 11.8 Å². The number of phenols is 1. The van der Waals surface area contributed by atoms with E-state index in [2.05, 4.69) is 0 Å². The summed E-state index contributed by atoms with van der Waals surface area (Å²) >= 11 is 0. The molecule has 0 aliphatic heterocycles. The summed E-state index contributed by atoms with van der Waals surface area (Å²) in [5, 5.41) is 20.7. The number of hydrogen-bond acceptors (Lipinski definition) is 6. The van der Waals surface area contributed by atoms with E-state index in [1.807, 2.05) is 5.32 Å². The van der Waals surface area contributed by atoms with Gasteiger partial charge >= 0.3 is 0 Å². The number of methoxy groups -OCH3 is 2. The predicted octanol–water partition coefficient (Wildman–Crippen LogP) is 1.54. The molecule has 0 fully saturated rings. The maximum Gasteiger partial charge on any atom is 0.268 e. The molecule has 23 heavy (non-hydrogen) atoms. The highest BCUT2D eigenvalue weighted by Crippen LogP contribution is 2.37. The largest absolute Gasteiger partial charge is 0.502 e. The zero-order chi connectivity index (χ0) is 17.4. The van der Waals surface area contributed by atoms with Crippen LogP contribution in [0.15, 0.2) is 29.9 Å². The van der Waals surface area contributed by atoms with Crippen molar-refractivity contribution in [3.63, 3.8) is 0 Å². The Labute approximate surface area is 133 Å². The Bertz CT molecular complexity index is 689. The van der Waals surface area contributed by atoms with Gasteiger partial charge in [-0.2, -0.15) is 5.26 Å². The van der Waals surface area contributed by atoms with E-state index in [-0.39, 0.29) is 22.8 Å². The molecule has 1 aromatic rings. The second-order valence-electron chi connectivity index (χ2n) is 4.34. The smallest absolute Gasteiger partial charge is 0.268 e. The Hall–Kier alpha value is -3.27. The average molecular weight is 316 g/mol. The number of imide groups is 1. The third-order valence-corrected chi connectivity index (χ3v) is 2.71. The van der Waals surface area contributed by atoms with Crippen molar-refractivity contribution in [3.05, 3.63) is 35.4 Å². The van der Waals surface area contributed by atoms with E-state index in [0.717, 1.165) is 0 Å². The fraction of sp³-hybridized carbons (Fsp3) is 0.188. The number of carbonyl (C=O) groups excluding carboxylic acids is 2. The number of benzene rings is 1. The van der Waals surface area contributed by atoms with Gasteiger partial charge < -0.3 is 14.6 Å². The summed E-state index contributed by atoms with van der Waals surface area (Å²) in [5.74, 6) is -0.995. The number of allylic oxidation sites excluding steroid dienone is 2. The minimum absolute atomic E-state index is 0.124. The van der Waals surface area contributed by atoms with E-state index in [1.54, 1.807) is 24.3 Å². The van der Waals surface area contributed by atoms with Crippen LogP contribution in [-0.4, -0.2) is 31.1 Å². The van der Waals surface area contributed by atoms with Crippen LogP contribution in [-0.2, 0) is 9.59 Å². The molecule has 0 aromatic heterocycles. The van der Waals surface area contributed by atoms with E-state index >= 15 is 0 Å². The number of nitrogens with one attached hydrogen (secondary N) is 1. The van der Waals surface area contributed by atoms with E-state index in [0.29, 0.717) is 5.56 Å². The predicted molar refractivity (Wildman–Crippen MR) is 82.8 cm³/mol. The van der Waals surface area contributed by atoms with Crippen LogP contribution in [0.1, 0.15) is 12.5 Å². The van der Waals surface area contributed by atoms with Crippen LogP contribution in [0.2, 0.25) is 0 Å². The lowest BCUT2D eigenvalue weighted by Crippen LogP contribution is -2.28. The first-order chi connectivity index (χ1) is 10.9. The molecule has 0 bridgehead atoms. The van der Waals surface area contributed by atoms with Crippen LogP contribution in [0.4, 0.5) is 0 Å². The molecule has 120 valence electrons. The standard InChI is InChI=1S/C16H16N2O5/c1-10(19)18-16(21)12(9-17)6-4-5-11-7-13(22-2)15(20)14(8-11)23-3/h4-8,20H,1-3H3,(H,18,19,21)/b5-4+,12-6+. The number of amides is 2. The fourth-order valence-electron chi connectivity index (χ4n) is 1.66. The fourth-order valence-corrected chi connectivity index (χ4v) is 1.66. The molecule has 2 N–H and O–H groups in total. The zero-order valence-electron chi connectivity index (χ0n) is 12.9. The molecular formula is C16H16N2O5. The molecule has 7 nitrogen and oxygen atoms in total. The second-order valence-corrected chi connectivity index (χ2v) is 4.34. The maximum absolute atomic E-state index is 11.5. The van der Waals surface area contributed by atoms with Gasteiger partial charge in [0.25, 0.3) is 5.91 Å². The first-order valence-corrected chi connectivity index (χ1v) is 6.48. The summed E-state index contributed by atoms with van der Waals surface area (Å²) in [4.78, 5) is 22.3. The summed E-state index contributed by atoms with van der Waals surface area (Å²) in [7, 11) is 2.81. The molecule has 1 aromatic carbocycles. The molecule has 0 atom stereocenters. The number of rotatable bonds is 5. The highest BCUT2D eigenvalue weighted by atomic mass is 16.5. The monoisotopic (exact) mass is 316 g/mol. The second kappa shape index (κ2) is 8.24. The van der Waals surface area contributed by atoms with Crippen molar-refractivity contribution in [2.45, 2.75) is 6.92 Å². The molecule has 2 amide bonds. The molecule has 1 rings (SSSR count). The number of nitrogens with zero attached hydrogens (tertiary/aromatic N) is 1. The Kier molecular flexibility index (Phi) is 6.37. The summed E-state index contributed by atoms with van der Waals surface area (Å²) in [5.41, 5.74) is 0.408. The lowest BCUT2D eigenvalue weighted by Gasteiger charge is -2.09. The van der Waals surface area contributed by atoms with Crippen molar-refractivity contribution >= 4 is 17.9 Å². The minimum Gasteiger partial charge on any atom is -0.502 e. The van der Waals surface area contributed by atoms with Gasteiger partial charge in [-0.25, -0.2) is 0 Å². The van der Waals surface area contributed by atoms with Crippen LogP contribution < -0.4 is 14.8 Å². The van der Waals surface area contributed by atoms with Gasteiger partial charge in [0, 0.05) is 6.92 Å². The van der Waals surface area contributed by atoms with Crippen LogP contribution in [0.3, 0.4) is 0 Å². The van der Waals surface area contributed by atoms with Gasteiger partial charge in [-0.1, -0.05) is 12.2 Å². The van der Waals surface area contributed by atoms with E-state index in [4.69, 9.17) is 14.7 Å². The lowest BCUT2D eigenvalue weighted by atomic mass is 10.1. The first-order valence-electron chi connectivity index (χ1n) is 6.48. The van der Waals surface area contributed by atoms with Gasteiger partial charge in [0.1, 0.15) is 11.6 Å². The number of ether oxygens (including phenoxy) is 2. The highest BCUT2D eigenvalue weighted by molar-refractivity contribution is 6.06.